The fourth-order valence-corrected chi connectivity index (χ4v) is 2.18. The Labute approximate surface area is 113 Å². The Morgan fingerprint density at radius 1 is 1.00 bits per heavy atom. The molecule has 2 aromatic carbocycles. The van der Waals surface area contributed by atoms with Crippen molar-refractivity contribution < 1.29 is 0 Å². The van der Waals surface area contributed by atoms with E-state index in [2.05, 4.69) is 41.7 Å². The van der Waals surface area contributed by atoms with Gasteiger partial charge in [0.2, 0.25) is 0 Å². The van der Waals surface area contributed by atoms with Crippen LogP contribution in [0.4, 0.5) is 0 Å². The Hall–Kier alpha value is -1.31. The summed E-state index contributed by atoms with van der Waals surface area (Å²) in [6, 6.07) is 17.4. The van der Waals surface area contributed by atoms with E-state index in [9.17, 15) is 0 Å². The van der Waals surface area contributed by atoms with Gasteiger partial charge in [0.05, 0.1) is 0 Å². The zero-order valence-corrected chi connectivity index (χ0v) is 11.0. The molecule has 0 unspecified atom stereocenters. The molecule has 1 aliphatic rings. The molecule has 1 N–H and O–H groups in total. The lowest BCUT2D eigenvalue weighted by Gasteiger charge is -2.06. The molecule has 0 aromatic heterocycles. The minimum absolute atomic E-state index is 0.754. The summed E-state index contributed by atoms with van der Waals surface area (Å²) in [6.45, 7) is 0.964. The number of benzene rings is 2. The average Bonchev–Trinajstić information content (AvgIpc) is 3.22. The molecule has 2 heteroatoms. The third-order valence-corrected chi connectivity index (χ3v) is 3.53. The van der Waals surface area contributed by atoms with Crippen LogP contribution in [-0.4, -0.2) is 6.04 Å². The molecule has 0 amide bonds. The standard InChI is InChI=1S/C16H16ClN/c17-15-6-4-13(5-7-15)14-3-1-2-12(10-14)11-18-16-8-9-16/h1-7,10,16,18H,8-9,11H2. The summed E-state index contributed by atoms with van der Waals surface area (Å²) < 4.78 is 0. The monoisotopic (exact) mass is 257 g/mol. The molecular weight excluding hydrogens is 242 g/mol. The zero-order chi connectivity index (χ0) is 12.4. The van der Waals surface area contributed by atoms with Crippen LogP contribution in [0.15, 0.2) is 48.5 Å². The molecule has 1 saturated carbocycles. The van der Waals surface area contributed by atoms with E-state index in [4.69, 9.17) is 11.6 Å². The second-order valence-corrected chi connectivity index (χ2v) is 5.30. The van der Waals surface area contributed by atoms with Crippen molar-refractivity contribution in [1.29, 1.82) is 0 Å². The highest BCUT2D eigenvalue weighted by molar-refractivity contribution is 6.30. The van der Waals surface area contributed by atoms with Crippen molar-refractivity contribution in [3.05, 3.63) is 59.1 Å². The minimum atomic E-state index is 0.754. The van der Waals surface area contributed by atoms with E-state index < -0.39 is 0 Å². The maximum atomic E-state index is 5.91. The Balaban J connectivity index is 1.78. The first-order valence-corrected chi connectivity index (χ1v) is 6.77. The molecular formula is C16H16ClN. The first-order valence-electron chi connectivity index (χ1n) is 6.39. The molecule has 92 valence electrons. The molecule has 1 fully saturated rings. The maximum Gasteiger partial charge on any atom is 0.0406 e. The molecule has 0 aliphatic heterocycles. The van der Waals surface area contributed by atoms with E-state index in [0.29, 0.717) is 0 Å². The van der Waals surface area contributed by atoms with Gasteiger partial charge in [-0.05, 0) is 47.7 Å². The maximum absolute atomic E-state index is 5.91. The van der Waals surface area contributed by atoms with Crippen LogP contribution in [0.25, 0.3) is 11.1 Å². The van der Waals surface area contributed by atoms with Gasteiger partial charge < -0.3 is 5.32 Å². The van der Waals surface area contributed by atoms with Crippen LogP contribution in [0.1, 0.15) is 18.4 Å². The van der Waals surface area contributed by atoms with Crippen molar-refractivity contribution >= 4 is 11.6 Å². The van der Waals surface area contributed by atoms with Crippen LogP contribution in [0.5, 0.6) is 0 Å². The SMILES string of the molecule is Clc1ccc(-c2cccc(CNC3CC3)c2)cc1. The molecule has 1 aliphatic carbocycles. The molecule has 0 heterocycles. The molecule has 3 rings (SSSR count). The first-order chi connectivity index (χ1) is 8.81. The third kappa shape index (κ3) is 2.92. The van der Waals surface area contributed by atoms with Gasteiger partial charge in [-0.25, -0.2) is 0 Å². The third-order valence-electron chi connectivity index (χ3n) is 3.28. The van der Waals surface area contributed by atoms with Gasteiger partial charge in [0.15, 0.2) is 0 Å². The summed E-state index contributed by atoms with van der Waals surface area (Å²) in [5.41, 5.74) is 3.81. The predicted molar refractivity (Wildman–Crippen MR) is 76.7 cm³/mol. The molecule has 0 spiro atoms. The van der Waals surface area contributed by atoms with Crippen LogP contribution < -0.4 is 5.32 Å². The van der Waals surface area contributed by atoms with E-state index >= 15 is 0 Å². The summed E-state index contributed by atoms with van der Waals surface area (Å²) >= 11 is 5.91. The van der Waals surface area contributed by atoms with Gasteiger partial charge in [-0.1, -0.05) is 41.9 Å². The van der Waals surface area contributed by atoms with Gasteiger partial charge in [0, 0.05) is 17.6 Å². The highest BCUT2D eigenvalue weighted by Gasteiger charge is 2.19. The minimum Gasteiger partial charge on any atom is -0.310 e. The number of halogens is 1. The van der Waals surface area contributed by atoms with Gasteiger partial charge in [0.25, 0.3) is 0 Å². The molecule has 0 atom stereocenters. The van der Waals surface area contributed by atoms with Gasteiger partial charge in [-0.2, -0.15) is 0 Å². The number of hydrogen-bond acceptors (Lipinski definition) is 1. The number of rotatable bonds is 4. The van der Waals surface area contributed by atoms with Crippen LogP contribution in [0.3, 0.4) is 0 Å². The van der Waals surface area contributed by atoms with Crippen molar-refractivity contribution in [3.8, 4) is 11.1 Å². The lowest BCUT2D eigenvalue weighted by Crippen LogP contribution is -2.15. The molecule has 0 bridgehead atoms. The highest BCUT2D eigenvalue weighted by Crippen LogP contribution is 2.23. The molecule has 2 aromatic rings. The van der Waals surface area contributed by atoms with Gasteiger partial charge >= 0.3 is 0 Å². The second-order valence-electron chi connectivity index (χ2n) is 4.86. The molecule has 0 radical (unpaired) electrons. The fraction of sp³-hybridized carbons (Fsp3) is 0.250. The van der Waals surface area contributed by atoms with Crippen molar-refractivity contribution in [1.82, 2.24) is 5.32 Å². The summed E-state index contributed by atoms with van der Waals surface area (Å²) in [4.78, 5) is 0. The van der Waals surface area contributed by atoms with E-state index in [0.717, 1.165) is 17.6 Å². The van der Waals surface area contributed by atoms with E-state index in [1.165, 1.54) is 29.5 Å². The molecule has 18 heavy (non-hydrogen) atoms. The quantitative estimate of drug-likeness (QED) is 0.863. The van der Waals surface area contributed by atoms with Crippen LogP contribution in [0, 0.1) is 0 Å². The fourth-order valence-electron chi connectivity index (χ4n) is 2.05. The second kappa shape index (κ2) is 5.13. The summed E-state index contributed by atoms with van der Waals surface area (Å²) in [6.07, 6.45) is 2.66. The number of nitrogens with one attached hydrogen (secondary N) is 1. The Bertz CT molecular complexity index is 529. The Morgan fingerprint density at radius 3 is 2.50 bits per heavy atom. The summed E-state index contributed by atoms with van der Waals surface area (Å²) in [5, 5.41) is 4.32. The van der Waals surface area contributed by atoms with Crippen LogP contribution >= 0.6 is 11.6 Å². The predicted octanol–water partition coefficient (Wildman–Crippen LogP) is 4.26. The molecule has 1 nitrogen and oxygen atoms in total. The Kier molecular flexibility index (Phi) is 3.35. The Morgan fingerprint density at radius 2 is 1.78 bits per heavy atom. The molecule has 0 saturated heterocycles. The van der Waals surface area contributed by atoms with E-state index in [1.807, 2.05) is 12.1 Å². The van der Waals surface area contributed by atoms with Crippen molar-refractivity contribution in [2.75, 3.05) is 0 Å². The lowest BCUT2D eigenvalue weighted by molar-refractivity contribution is 0.688. The van der Waals surface area contributed by atoms with Gasteiger partial charge in [-0.3, -0.25) is 0 Å². The van der Waals surface area contributed by atoms with Crippen molar-refractivity contribution in [2.45, 2.75) is 25.4 Å². The topological polar surface area (TPSA) is 12.0 Å². The van der Waals surface area contributed by atoms with Crippen LogP contribution in [0.2, 0.25) is 5.02 Å². The first kappa shape index (κ1) is 11.8. The number of hydrogen-bond donors (Lipinski definition) is 1. The normalized spacial score (nSPS) is 14.7. The van der Waals surface area contributed by atoms with E-state index in [1.54, 1.807) is 0 Å². The van der Waals surface area contributed by atoms with Crippen molar-refractivity contribution in [3.63, 3.8) is 0 Å². The summed E-state index contributed by atoms with van der Waals surface area (Å²) in [7, 11) is 0. The van der Waals surface area contributed by atoms with Crippen LogP contribution in [-0.2, 0) is 6.54 Å². The summed E-state index contributed by atoms with van der Waals surface area (Å²) in [5.74, 6) is 0. The average molecular weight is 258 g/mol. The van der Waals surface area contributed by atoms with E-state index in [-0.39, 0.29) is 0 Å². The zero-order valence-electron chi connectivity index (χ0n) is 10.2. The smallest absolute Gasteiger partial charge is 0.0406 e. The highest BCUT2D eigenvalue weighted by atomic mass is 35.5. The largest absolute Gasteiger partial charge is 0.310 e. The van der Waals surface area contributed by atoms with Crippen molar-refractivity contribution in [2.24, 2.45) is 0 Å². The van der Waals surface area contributed by atoms with Gasteiger partial charge in [0.1, 0.15) is 0 Å². The van der Waals surface area contributed by atoms with Gasteiger partial charge in [-0.15, -0.1) is 0 Å². The lowest BCUT2D eigenvalue weighted by atomic mass is 10.0.